The molecule has 0 saturated carbocycles. The molecule has 0 bridgehead atoms. The van der Waals surface area contributed by atoms with Gasteiger partial charge in [-0.2, -0.15) is 11.3 Å². The van der Waals surface area contributed by atoms with Crippen molar-refractivity contribution in [3.63, 3.8) is 0 Å². The lowest BCUT2D eigenvalue weighted by atomic mass is 10.0. The molecule has 2 saturated heterocycles. The summed E-state index contributed by atoms with van der Waals surface area (Å²) in [6, 6.07) is 2.60. The topological polar surface area (TPSA) is 77.0 Å². The number of hydrogen-bond donors (Lipinski definition) is 2. The number of rotatable bonds is 7. The molecule has 2 amide bonds. The zero-order valence-electron chi connectivity index (χ0n) is 17.1. The minimum Gasteiger partial charge on any atom is -0.357 e. The number of nitrogens with one attached hydrogen (secondary N) is 2. The number of imide groups is 1. The van der Waals surface area contributed by atoms with E-state index in [0.29, 0.717) is 38.4 Å². The normalized spacial score (nSPS) is 19.2. The van der Waals surface area contributed by atoms with Crippen LogP contribution in [0.5, 0.6) is 0 Å². The Hall–Kier alpha value is -1.20. The Morgan fingerprint density at radius 2 is 1.97 bits per heavy atom. The number of nitrogens with zero attached hydrogens (tertiary/aromatic N) is 3. The lowest BCUT2D eigenvalue weighted by Crippen LogP contribution is -2.49. The average Bonchev–Trinajstić information content (AvgIpc) is 3.19. The minimum atomic E-state index is -0.0672. The van der Waals surface area contributed by atoms with Crippen molar-refractivity contribution in [3.05, 3.63) is 22.4 Å². The molecule has 2 aliphatic rings. The van der Waals surface area contributed by atoms with Gasteiger partial charge in [0.15, 0.2) is 5.96 Å². The Morgan fingerprint density at radius 3 is 2.59 bits per heavy atom. The molecule has 0 aromatic carbocycles. The van der Waals surface area contributed by atoms with E-state index < -0.39 is 0 Å². The highest BCUT2D eigenvalue weighted by atomic mass is 127. The third-order valence-corrected chi connectivity index (χ3v) is 5.97. The number of likely N-dealkylation sites (tertiary alicyclic amines) is 2. The maximum absolute atomic E-state index is 11.9. The number of halogens is 1. The maximum Gasteiger partial charge on any atom is 0.229 e. The molecule has 7 nitrogen and oxygen atoms in total. The van der Waals surface area contributed by atoms with Crippen LogP contribution in [0.4, 0.5) is 0 Å². The molecule has 1 aromatic rings. The van der Waals surface area contributed by atoms with Crippen molar-refractivity contribution in [1.29, 1.82) is 0 Å². The zero-order chi connectivity index (χ0) is 19.8. The molecular weight excluding hydrogens is 501 g/mol. The van der Waals surface area contributed by atoms with Crippen LogP contribution in [0, 0.1) is 0 Å². The van der Waals surface area contributed by atoms with Gasteiger partial charge in [-0.3, -0.25) is 24.4 Å². The first-order valence-electron chi connectivity index (χ1n) is 10.3. The molecule has 2 N–H and O–H groups in total. The fraction of sp³-hybridized carbons (Fsp3) is 0.650. The number of aliphatic imine (C=N–C) groups is 1. The number of hydrogen-bond acceptors (Lipinski definition) is 5. The van der Waals surface area contributed by atoms with E-state index in [2.05, 4.69) is 37.4 Å². The third-order valence-electron chi connectivity index (χ3n) is 5.24. The largest absolute Gasteiger partial charge is 0.357 e. The summed E-state index contributed by atoms with van der Waals surface area (Å²) in [4.78, 5) is 32.2. The van der Waals surface area contributed by atoms with Gasteiger partial charge < -0.3 is 10.6 Å². The highest BCUT2D eigenvalue weighted by Crippen LogP contribution is 2.15. The van der Waals surface area contributed by atoms with Crippen LogP contribution in [-0.2, 0) is 16.1 Å². The van der Waals surface area contributed by atoms with Crippen LogP contribution >= 0.6 is 35.3 Å². The quantitative estimate of drug-likeness (QED) is 0.244. The van der Waals surface area contributed by atoms with Crippen molar-refractivity contribution < 1.29 is 9.59 Å². The molecule has 0 unspecified atom stereocenters. The van der Waals surface area contributed by atoms with Crippen molar-refractivity contribution in [2.75, 3.05) is 32.7 Å². The fourth-order valence-electron chi connectivity index (χ4n) is 3.70. The summed E-state index contributed by atoms with van der Waals surface area (Å²) < 4.78 is 0. The molecule has 2 aliphatic heterocycles. The predicted molar refractivity (Wildman–Crippen MR) is 128 cm³/mol. The van der Waals surface area contributed by atoms with Crippen LogP contribution in [-0.4, -0.2) is 66.3 Å². The molecule has 2 fully saturated rings. The lowest BCUT2D eigenvalue weighted by molar-refractivity contribution is -0.147. The molecule has 3 heterocycles. The van der Waals surface area contributed by atoms with Gasteiger partial charge in [-0.05, 0) is 48.6 Å². The first-order chi connectivity index (χ1) is 13.7. The molecule has 3 rings (SSSR count). The second-order valence-corrected chi connectivity index (χ2v) is 8.16. The van der Waals surface area contributed by atoms with Crippen molar-refractivity contribution in [2.24, 2.45) is 4.99 Å². The van der Waals surface area contributed by atoms with Gasteiger partial charge in [-0.15, -0.1) is 24.0 Å². The Kier molecular flexibility index (Phi) is 10.4. The van der Waals surface area contributed by atoms with E-state index in [1.54, 1.807) is 11.3 Å². The monoisotopic (exact) mass is 533 g/mol. The van der Waals surface area contributed by atoms with Gasteiger partial charge in [-0.1, -0.05) is 0 Å². The predicted octanol–water partition coefficient (Wildman–Crippen LogP) is 2.42. The van der Waals surface area contributed by atoms with Gasteiger partial charge in [0.2, 0.25) is 11.8 Å². The molecule has 0 radical (unpaired) electrons. The van der Waals surface area contributed by atoms with Crippen LogP contribution in [0.3, 0.4) is 0 Å². The van der Waals surface area contributed by atoms with E-state index in [1.165, 1.54) is 10.5 Å². The number of carbonyl (C=O) groups excluding carboxylic acids is 2. The van der Waals surface area contributed by atoms with Gasteiger partial charge in [0.05, 0.1) is 6.54 Å². The van der Waals surface area contributed by atoms with Crippen molar-refractivity contribution in [1.82, 2.24) is 20.4 Å². The van der Waals surface area contributed by atoms with Crippen molar-refractivity contribution in [3.8, 4) is 0 Å². The Balaban J connectivity index is 0.00000300. The van der Waals surface area contributed by atoms with E-state index in [0.717, 1.165) is 45.0 Å². The van der Waals surface area contributed by atoms with E-state index in [9.17, 15) is 9.59 Å². The van der Waals surface area contributed by atoms with Crippen molar-refractivity contribution in [2.45, 2.75) is 51.6 Å². The summed E-state index contributed by atoms with van der Waals surface area (Å²) in [5, 5.41) is 11.2. The number of amides is 2. The fourth-order valence-corrected chi connectivity index (χ4v) is 4.36. The number of carbonyl (C=O) groups is 2. The molecule has 0 atom stereocenters. The van der Waals surface area contributed by atoms with E-state index >= 15 is 0 Å². The molecule has 29 heavy (non-hydrogen) atoms. The van der Waals surface area contributed by atoms with Gasteiger partial charge in [0.1, 0.15) is 0 Å². The lowest BCUT2D eigenvalue weighted by Gasteiger charge is -2.33. The molecule has 0 aliphatic carbocycles. The van der Waals surface area contributed by atoms with E-state index in [1.807, 2.05) is 6.92 Å². The average molecular weight is 533 g/mol. The van der Waals surface area contributed by atoms with Gasteiger partial charge in [0.25, 0.3) is 0 Å². The first-order valence-corrected chi connectivity index (χ1v) is 11.2. The van der Waals surface area contributed by atoms with Gasteiger partial charge in [-0.25, -0.2) is 0 Å². The molecular formula is C20H32IN5O2S. The van der Waals surface area contributed by atoms with Crippen molar-refractivity contribution >= 4 is 53.1 Å². The summed E-state index contributed by atoms with van der Waals surface area (Å²) in [5.41, 5.74) is 1.40. The summed E-state index contributed by atoms with van der Waals surface area (Å²) in [7, 11) is 0. The Morgan fingerprint density at radius 1 is 1.24 bits per heavy atom. The standard InChI is InChI=1S/C20H31N5O2S.HI/c1-2-21-20(22-9-12-25-18(26)4-3-5-19(25)27)23-17-6-10-24(11-7-17)14-16-8-13-28-15-16;/h8,13,15,17H,2-7,9-12,14H2,1H3,(H2,21,22,23);1H. The summed E-state index contributed by atoms with van der Waals surface area (Å²) >= 11 is 1.75. The smallest absolute Gasteiger partial charge is 0.229 e. The number of guanidine groups is 1. The van der Waals surface area contributed by atoms with Crippen LogP contribution in [0.1, 0.15) is 44.6 Å². The molecule has 1 aromatic heterocycles. The van der Waals surface area contributed by atoms with Crippen LogP contribution in [0.15, 0.2) is 21.8 Å². The number of thiophene rings is 1. The molecule has 9 heteroatoms. The van der Waals surface area contributed by atoms with E-state index in [-0.39, 0.29) is 35.8 Å². The molecule has 0 spiro atoms. The van der Waals surface area contributed by atoms with Crippen LogP contribution < -0.4 is 10.6 Å². The molecule has 162 valence electrons. The highest BCUT2D eigenvalue weighted by molar-refractivity contribution is 14.0. The van der Waals surface area contributed by atoms with Gasteiger partial charge in [0, 0.05) is 51.6 Å². The Labute approximate surface area is 194 Å². The Bertz CT molecular complexity index is 658. The SMILES string of the molecule is CCNC(=NCCN1C(=O)CCCC1=O)NC1CCN(Cc2ccsc2)CC1.I. The van der Waals surface area contributed by atoms with Crippen LogP contribution in [0.25, 0.3) is 0 Å². The van der Waals surface area contributed by atoms with Crippen LogP contribution in [0.2, 0.25) is 0 Å². The first kappa shape index (κ1) is 24.1. The van der Waals surface area contributed by atoms with E-state index in [4.69, 9.17) is 0 Å². The summed E-state index contributed by atoms with van der Waals surface area (Å²) in [6.45, 7) is 6.80. The maximum atomic E-state index is 11.9. The number of piperidine rings is 2. The highest BCUT2D eigenvalue weighted by Gasteiger charge is 2.25. The summed E-state index contributed by atoms with van der Waals surface area (Å²) in [5.74, 6) is 0.639. The van der Waals surface area contributed by atoms with Gasteiger partial charge >= 0.3 is 0 Å². The minimum absolute atomic E-state index is 0. The third kappa shape index (κ3) is 7.53. The second kappa shape index (κ2) is 12.5. The summed E-state index contributed by atoms with van der Waals surface area (Å²) in [6.07, 6.45) is 3.78. The zero-order valence-corrected chi connectivity index (χ0v) is 20.2. The second-order valence-electron chi connectivity index (χ2n) is 7.38.